The number of benzene rings is 1. The number of hydrogen-bond donors (Lipinski definition) is 2. The second-order valence-corrected chi connectivity index (χ2v) is 9.92. The van der Waals surface area contributed by atoms with Gasteiger partial charge in [-0.05, 0) is 65.2 Å². The summed E-state index contributed by atoms with van der Waals surface area (Å²) >= 11 is 0. The third kappa shape index (κ3) is 5.65. The van der Waals surface area contributed by atoms with Gasteiger partial charge in [0, 0.05) is 30.8 Å². The van der Waals surface area contributed by atoms with Gasteiger partial charge < -0.3 is 19.6 Å². The zero-order valence-electron chi connectivity index (χ0n) is 18.7. The summed E-state index contributed by atoms with van der Waals surface area (Å²) < 4.78 is 32.5. The van der Waals surface area contributed by atoms with E-state index in [9.17, 15) is 18.0 Å². The van der Waals surface area contributed by atoms with Gasteiger partial charge in [0.2, 0.25) is 17.7 Å². The minimum atomic E-state index is -3.86. The van der Waals surface area contributed by atoms with Crippen LogP contribution in [0.2, 0.25) is 0 Å². The highest BCUT2D eigenvalue weighted by Crippen LogP contribution is 2.24. The average Bonchev–Trinajstić information content (AvgIpc) is 3.25. The Morgan fingerprint density at radius 2 is 1.94 bits per heavy atom. The van der Waals surface area contributed by atoms with E-state index in [4.69, 9.17) is 4.52 Å². The van der Waals surface area contributed by atoms with Crippen LogP contribution in [0.3, 0.4) is 0 Å². The number of aryl methyl sites for hydroxylation is 1. The molecule has 1 aromatic heterocycles. The van der Waals surface area contributed by atoms with Crippen LogP contribution in [0.4, 0.5) is 11.6 Å². The molecule has 1 aliphatic rings. The molecule has 1 unspecified atom stereocenters. The van der Waals surface area contributed by atoms with Crippen molar-refractivity contribution in [3.8, 4) is 0 Å². The van der Waals surface area contributed by atoms with Gasteiger partial charge in [0.25, 0.3) is 10.0 Å². The summed E-state index contributed by atoms with van der Waals surface area (Å²) in [6.45, 7) is 5.32. The molecule has 2 aromatic rings. The number of likely N-dealkylation sites (tertiary alicyclic amines) is 1. The maximum Gasteiger partial charge on any atom is 0.264 e. The summed E-state index contributed by atoms with van der Waals surface area (Å²) in [4.78, 5) is 28.6. The van der Waals surface area contributed by atoms with E-state index < -0.39 is 15.9 Å². The summed E-state index contributed by atoms with van der Waals surface area (Å²) in [5, 5.41) is 6.50. The number of aromatic nitrogens is 1. The predicted octanol–water partition coefficient (Wildman–Crippen LogP) is 1.83. The molecule has 0 radical (unpaired) electrons. The molecule has 1 saturated heterocycles. The number of hydrogen-bond acceptors (Lipinski definition) is 7. The third-order valence-electron chi connectivity index (χ3n) is 5.44. The normalized spacial score (nSPS) is 16.6. The lowest BCUT2D eigenvalue weighted by molar-refractivity contribution is -0.128. The van der Waals surface area contributed by atoms with Crippen LogP contribution in [0.25, 0.3) is 0 Å². The summed E-state index contributed by atoms with van der Waals surface area (Å²) in [7, 11) is 0.0897. The molecule has 0 aliphatic carbocycles. The van der Waals surface area contributed by atoms with E-state index in [2.05, 4.69) is 20.1 Å². The highest BCUT2D eigenvalue weighted by atomic mass is 32.2. The molecule has 174 valence electrons. The van der Waals surface area contributed by atoms with Crippen LogP contribution in [0, 0.1) is 19.8 Å². The van der Waals surface area contributed by atoms with Gasteiger partial charge in [-0.15, -0.1) is 0 Å². The molecule has 1 aromatic carbocycles. The first kappa shape index (κ1) is 23.7. The average molecular weight is 464 g/mol. The van der Waals surface area contributed by atoms with Crippen LogP contribution in [0.5, 0.6) is 0 Å². The lowest BCUT2D eigenvalue weighted by atomic mass is 10.1. The second-order valence-electron chi connectivity index (χ2n) is 8.24. The Kier molecular flexibility index (Phi) is 7.19. The number of sulfonamides is 1. The molecule has 2 N–H and O–H groups in total. The molecule has 10 nitrogen and oxygen atoms in total. The number of amides is 2. The van der Waals surface area contributed by atoms with Crippen molar-refractivity contribution in [1.82, 2.24) is 15.0 Å². The van der Waals surface area contributed by atoms with Gasteiger partial charge in [0.1, 0.15) is 0 Å². The molecule has 1 atom stereocenters. The topological polar surface area (TPSA) is 125 Å². The first-order valence-electron chi connectivity index (χ1n) is 10.4. The molecule has 2 heterocycles. The molecular weight excluding hydrogens is 434 g/mol. The van der Waals surface area contributed by atoms with Gasteiger partial charge in [0.05, 0.1) is 16.5 Å². The number of anilines is 2. The third-order valence-corrected chi connectivity index (χ3v) is 6.78. The van der Waals surface area contributed by atoms with E-state index in [-0.39, 0.29) is 29.0 Å². The predicted molar refractivity (Wildman–Crippen MR) is 120 cm³/mol. The van der Waals surface area contributed by atoms with E-state index in [0.29, 0.717) is 30.0 Å². The largest absolute Gasteiger partial charge is 0.342 e. The van der Waals surface area contributed by atoms with Gasteiger partial charge >= 0.3 is 0 Å². The Bertz CT molecular complexity index is 1080. The first-order chi connectivity index (χ1) is 15.1. The van der Waals surface area contributed by atoms with Crippen LogP contribution >= 0.6 is 0 Å². The van der Waals surface area contributed by atoms with Crippen molar-refractivity contribution in [2.24, 2.45) is 5.92 Å². The van der Waals surface area contributed by atoms with Crippen molar-refractivity contribution >= 4 is 33.4 Å². The Hall–Kier alpha value is -2.92. The van der Waals surface area contributed by atoms with Crippen LogP contribution in [-0.4, -0.2) is 68.9 Å². The first-order valence-corrected chi connectivity index (χ1v) is 11.8. The Balaban J connectivity index is 1.58. The van der Waals surface area contributed by atoms with Crippen molar-refractivity contribution in [3.63, 3.8) is 0 Å². The van der Waals surface area contributed by atoms with Crippen LogP contribution < -0.4 is 10.0 Å². The maximum absolute atomic E-state index is 12.6. The zero-order chi connectivity index (χ0) is 23.5. The summed E-state index contributed by atoms with van der Waals surface area (Å²) in [6.07, 6.45) is 1.03. The van der Waals surface area contributed by atoms with E-state index >= 15 is 0 Å². The molecule has 0 spiro atoms. The van der Waals surface area contributed by atoms with Gasteiger partial charge in [-0.1, -0.05) is 5.16 Å². The van der Waals surface area contributed by atoms with Gasteiger partial charge in [0.15, 0.2) is 0 Å². The number of rotatable bonds is 9. The minimum Gasteiger partial charge on any atom is -0.342 e. The molecule has 32 heavy (non-hydrogen) atoms. The highest BCUT2D eigenvalue weighted by Gasteiger charge is 2.34. The van der Waals surface area contributed by atoms with Crippen molar-refractivity contribution in [2.45, 2.75) is 31.6 Å². The number of carbonyl (C=O) groups is 2. The van der Waals surface area contributed by atoms with Crippen LogP contribution in [0.15, 0.2) is 33.7 Å². The highest BCUT2D eigenvalue weighted by molar-refractivity contribution is 7.92. The smallest absolute Gasteiger partial charge is 0.264 e. The fourth-order valence-corrected chi connectivity index (χ4v) is 4.44. The van der Waals surface area contributed by atoms with Crippen molar-refractivity contribution in [3.05, 3.63) is 35.5 Å². The summed E-state index contributed by atoms with van der Waals surface area (Å²) in [6, 6.07) is 5.81. The monoisotopic (exact) mass is 463 g/mol. The van der Waals surface area contributed by atoms with Gasteiger partial charge in [-0.25, -0.2) is 13.1 Å². The molecule has 2 amide bonds. The maximum atomic E-state index is 12.6. The van der Waals surface area contributed by atoms with Crippen molar-refractivity contribution in [2.75, 3.05) is 43.8 Å². The number of nitrogens with zero attached hydrogens (tertiary/aromatic N) is 3. The standard InChI is InChI=1S/C21H29N5O5S/c1-14-15(2)23-31-21(14)24-32(29,30)18-8-6-17(7-9-18)22-20(28)16-12-19(27)26(13-16)11-5-10-25(3)4/h6-9,16,24H,5,10-13H2,1-4H3,(H,22,28). The van der Waals surface area contributed by atoms with Crippen molar-refractivity contribution in [1.29, 1.82) is 0 Å². The quantitative estimate of drug-likeness (QED) is 0.581. The minimum absolute atomic E-state index is 0.0191. The van der Waals surface area contributed by atoms with Crippen LogP contribution in [-0.2, 0) is 19.6 Å². The summed E-state index contributed by atoms with van der Waals surface area (Å²) in [5.41, 5.74) is 1.67. The zero-order valence-corrected chi connectivity index (χ0v) is 19.5. The Morgan fingerprint density at radius 3 is 2.53 bits per heavy atom. The molecule has 11 heteroatoms. The number of nitrogens with one attached hydrogen (secondary N) is 2. The molecule has 0 bridgehead atoms. The van der Waals surface area contributed by atoms with Crippen LogP contribution in [0.1, 0.15) is 24.1 Å². The van der Waals surface area contributed by atoms with E-state index in [0.717, 1.165) is 13.0 Å². The summed E-state index contributed by atoms with van der Waals surface area (Å²) in [5.74, 6) is -0.630. The Labute approximate surface area is 188 Å². The lowest BCUT2D eigenvalue weighted by Crippen LogP contribution is -2.30. The molecule has 0 saturated carbocycles. The SMILES string of the molecule is Cc1noc(NS(=O)(=O)c2ccc(NC(=O)C3CC(=O)N(CCCN(C)C)C3)cc2)c1C. The Morgan fingerprint density at radius 1 is 1.25 bits per heavy atom. The van der Waals surface area contributed by atoms with Gasteiger partial charge in [-0.2, -0.15) is 0 Å². The van der Waals surface area contributed by atoms with E-state index in [1.54, 1.807) is 18.7 Å². The van der Waals surface area contributed by atoms with Gasteiger partial charge in [-0.3, -0.25) is 9.59 Å². The lowest BCUT2D eigenvalue weighted by Gasteiger charge is -2.18. The fourth-order valence-electron chi connectivity index (χ4n) is 3.39. The van der Waals surface area contributed by atoms with Crippen molar-refractivity contribution < 1.29 is 22.5 Å². The van der Waals surface area contributed by atoms with E-state index in [1.165, 1.54) is 24.3 Å². The molecule has 1 aliphatic heterocycles. The second kappa shape index (κ2) is 9.70. The van der Waals surface area contributed by atoms with E-state index in [1.807, 2.05) is 14.1 Å². The fraction of sp³-hybridized carbons (Fsp3) is 0.476. The molecule has 1 fully saturated rings. The number of carbonyl (C=O) groups excluding carboxylic acids is 2. The molecule has 3 rings (SSSR count). The molecular formula is C21H29N5O5S.